The van der Waals surface area contributed by atoms with Gasteiger partial charge in [0.1, 0.15) is 5.75 Å². The number of carbonyl (C=O) groups excluding carboxylic acids is 1. The van der Waals surface area contributed by atoms with Gasteiger partial charge in [0.05, 0.1) is 12.5 Å². The lowest BCUT2D eigenvalue weighted by Gasteiger charge is -2.16. The first-order chi connectivity index (χ1) is 14.4. The number of amides is 1. The second-order valence-electron chi connectivity index (χ2n) is 7.69. The Labute approximate surface area is 172 Å². The van der Waals surface area contributed by atoms with Crippen molar-refractivity contribution in [3.8, 4) is 17.1 Å². The van der Waals surface area contributed by atoms with Gasteiger partial charge in [0.15, 0.2) is 11.6 Å². The number of halogens is 2. The first-order valence-corrected chi connectivity index (χ1v) is 9.73. The summed E-state index contributed by atoms with van der Waals surface area (Å²) >= 11 is 0. The van der Waals surface area contributed by atoms with Gasteiger partial charge in [0, 0.05) is 30.3 Å². The number of ether oxygens (including phenoxy) is 1. The Morgan fingerprint density at radius 1 is 1.17 bits per heavy atom. The zero-order chi connectivity index (χ0) is 21.3. The van der Waals surface area contributed by atoms with Crippen molar-refractivity contribution in [3.63, 3.8) is 0 Å². The minimum atomic E-state index is -0.996. The molecule has 2 heterocycles. The van der Waals surface area contributed by atoms with E-state index in [9.17, 15) is 13.6 Å². The van der Waals surface area contributed by atoms with E-state index >= 15 is 0 Å². The maximum absolute atomic E-state index is 13.5. The SMILES string of the molecule is CC(C)COc1ccc(-c2noc(C3CC(=O)N(c4ccc(F)c(F)c4)C3)n2)cc1. The molecule has 0 bridgehead atoms. The third kappa shape index (κ3) is 4.17. The van der Waals surface area contributed by atoms with Crippen molar-refractivity contribution in [1.82, 2.24) is 10.1 Å². The largest absolute Gasteiger partial charge is 0.493 e. The van der Waals surface area contributed by atoms with E-state index in [1.54, 1.807) is 0 Å². The van der Waals surface area contributed by atoms with Gasteiger partial charge in [-0.1, -0.05) is 19.0 Å². The highest BCUT2D eigenvalue weighted by Crippen LogP contribution is 2.32. The summed E-state index contributed by atoms with van der Waals surface area (Å²) in [6, 6.07) is 10.8. The third-order valence-electron chi connectivity index (χ3n) is 4.83. The fraction of sp³-hybridized carbons (Fsp3) is 0.318. The number of rotatable bonds is 6. The number of benzene rings is 2. The molecular formula is C22H21F2N3O3. The maximum atomic E-state index is 13.5. The molecule has 30 heavy (non-hydrogen) atoms. The fourth-order valence-electron chi connectivity index (χ4n) is 3.26. The van der Waals surface area contributed by atoms with Crippen LogP contribution in [0.2, 0.25) is 0 Å². The quantitative estimate of drug-likeness (QED) is 0.592. The molecule has 8 heteroatoms. The molecule has 1 aromatic heterocycles. The van der Waals surface area contributed by atoms with Crippen LogP contribution in [-0.2, 0) is 4.79 Å². The number of aromatic nitrogens is 2. The molecule has 2 aromatic carbocycles. The Balaban J connectivity index is 1.46. The van der Waals surface area contributed by atoms with E-state index in [0.717, 1.165) is 23.4 Å². The molecule has 0 aliphatic carbocycles. The van der Waals surface area contributed by atoms with E-state index < -0.39 is 11.6 Å². The maximum Gasteiger partial charge on any atom is 0.232 e. The Bertz CT molecular complexity index is 1050. The summed E-state index contributed by atoms with van der Waals surface area (Å²) in [7, 11) is 0. The minimum Gasteiger partial charge on any atom is -0.493 e. The Morgan fingerprint density at radius 2 is 1.93 bits per heavy atom. The van der Waals surface area contributed by atoms with Crippen LogP contribution in [0, 0.1) is 17.6 Å². The average Bonchev–Trinajstić information content (AvgIpc) is 3.36. The Morgan fingerprint density at radius 3 is 2.63 bits per heavy atom. The highest BCUT2D eigenvalue weighted by molar-refractivity contribution is 5.96. The lowest BCUT2D eigenvalue weighted by atomic mass is 10.1. The van der Waals surface area contributed by atoms with Crippen molar-refractivity contribution < 1.29 is 22.8 Å². The van der Waals surface area contributed by atoms with Crippen molar-refractivity contribution in [1.29, 1.82) is 0 Å². The normalized spacial score (nSPS) is 16.5. The minimum absolute atomic E-state index is 0.155. The van der Waals surface area contributed by atoms with Gasteiger partial charge >= 0.3 is 0 Å². The molecule has 0 N–H and O–H groups in total. The van der Waals surface area contributed by atoms with E-state index in [2.05, 4.69) is 24.0 Å². The third-order valence-corrected chi connectivity index (χ3v) is 4.83. The zero-order valence-electron chi connectivity index (χ0n) is 16.6. The van der Waals surface area contributed by atoms with E-state index in [-0.39, 0.29) is 24.8 Å². The number of carbonyl (C=O) groups is 1. The number of nitrogens with zero attached hydrogens (tertiary/aromatic N) is 3. The Kier molecular flexibility index (Phi) is 5.48. The molecule has 6 nitrogen and oxygen atoms in total. The van der Waals surface area contributed by atoms with Crippen molar-refractivity contribution in [2.75, 3.05) is 18.1 Å². The van der Waals surface area contributed by atoms with Crippen LogP contribution in [-0.4, -0.2) is 29.2 Å². The van der Waals surface area contributed by atoms with Crippen LogP contribution >= 0.6 is 0 Å². The summed E-state index contributed by atoms with van der Waals surface area (Å²) in [5.74, 6) is -0.529. The summed E-state index contributed by atoms with van der Waals surface area (Å²) in [5, 5.41) is 4.02. The van der Waals surface area contributed by atoms with Crippen molar-refractivity contribution in [2.45, 2.75) is 26.2 Å². The van der Waals surface area contributed by atoms with Crippen molar-refractivity contribution in [3.05, 3.63) is 60.0 Å². The number of hydrogen-bond donors (Lipinski definition) is 0. The van der Waals surface area contributed by atoms with E-state index in [1.807, 2.05) is 24.3 Å². The van der Waals surface area contributed by atoms with Gasteiger partial charge in [-0.05, 0) is 42.3 Å². The van der Waals surface area contributed by atoms with Gasteiger partial charge in [-0.25, -0.2) is 8.78 Å². The molecule has 1 atom stereocenters. The fourth-order valence-corrected chi connectivity index (χ4v) is 3.26. The van der Waals surface area contributed by atoms with Crippen molar-refractivity contribution in [2.24, 2.45) is 5.92 Å². The lowest BCUT2D eigenvalue weighted by Crippen LogP contribution is -2.24. The molecule has 3 aromatic rings. The standard InChI is InChI=1S/C22H21F2N3O3/c1-13(2)12-29-17-6-3-14(4-7-17)21-25-22(30-26-21)15-9-20(28)27(11-15)16-5-8-18(23)19(24)10-16/h3-8,10,13,15H,9,11-12H2,1-2H3. The average molecular weight is 413 g/mol. The highest BCUT2D eigenvalue weighted by atomic mass is 19.2. The predicted molar refractivity (Wildman–Crippen MR) is 106 cm³/mol. The van der Waals surface area contributed by atoms with Gasteiger partial charge in [-0.3, -0.25) is 4.79 Å². The van der Waals surface area contributed by atoms with Crippen LogP contribution in [0.5, 0.6) is 5.75 Å². The first kappa shape index (κ1) is 20.0. The van der Waals surface area contributed by atoms with Gasteiger partial charge in [0.2, 0.25) is 17.6 Å². The molecule has 4 rings (SSSR count). The lowest BCUT2D eigenvalue weighted by molar-refractivity contribution is -0.117. The molecule has 1 amide bonds. The molecule has 1 aliphatic heterocycles. The Hall–Kier alpha value is -3.29. The topological polar surface area (TPSA) is 68.5 Å². The summed E-state index contributed by atoms with van der Waals surface area (Å²) in [6.07, 6.45) is 0.155. The summed E-state index contributed by atoms with van der Waals surface area (Å²) in [4.78, 5) is 18.2. The molecule has 1 saturated heterocycles. The molecule has 1 unspecified atom stereocenters. The molecule has 1 aliphatic rings. The molecule has 0 spiro atoms. The molecule has 156 valence electrons. The van der Waals surface area contributed by atoms with Crippen LogP contribution in [0.1, 0.15) is 32.1 Å². The summed E-state index contributed by atoms with van der Waals surface area (Å²) in [5.41, 5.74) is 1.07. The van der Waals surface area contributed by atoms with E-state index in [1.165, 1.54) is 11.0 Å². The zero-order valence-corrected chi connectivity index (χ0v) is 16.6. The van der Waals surface area contributed by atoms with E-state index in [4.69, 9.17) is 9.26 Å². The van der Waals surface area contributed by atoms with Crippen LogP contribution in [0.4, 0.5) is 14.5 Å². The number of hydrogen-bond acceptors (Lipinski definition) is 5. The second-order valence-corrected chi connectivity index (χ2v) is 7.69. The van der Waals surface area contributed by atoms with Gasteiger partial charge in [0.25, 0.3) is 0 Å². The van der Waals surface area contributed by atoms with Crippen LogP contribution in [0.25, 0.3) is 11.4 Å². The molecular weight excluding hydrogens is 392 g/mol. The van der Waals surface area contributed by atoms with Crippen LogP contribution < -0.4 is 9.64 Å². The second kappa shape index (κ2) is 8.22. The monoisotopic (exact) mass is 413 g/mol. The van der Waals surface area contributed by atoms with Crippen LogP contribution in [0.3, 0.4) is 0 Å². The van der Waals surface area contributed by atoms with Crippen LogP contribution in [0.15, 0.2) is 47.0 Å². The molecule has 0 saturated carbocycles. The highest BCUT2D eigenvalue weighted by Gasteiger charge is 2.35. The molecule has 1 fully saturated rings. The van der Waals surface area contributed by atoms with E-state index in [0.29, 0.717) is 29.9 Å². The smallest absolute Gasteiger partial charge is 0.232 e. The number of anilines is 1. The van der Waals surface area contributed by atoms with Crippen molar-refractivity contribution >= 4 is 11.6 Å². The first-order valence-electron chi connectivity index (χ1n) is 9.73. The van der Waals surface area contributed by atoms with Gasteiger partial charge in [-0.2, -0.15) is 4.98 Å². The van der Waals surface area contributed by atoms with Gasteiger partial charge in [-0.15, -0.1) is 0 Å². The summed E-state index contributed by atoms with van der Waals surface area (Å²) < 4.78 is 37.7. The van der Waals surface area contributed by atoms with Gasteiger partial charge < -0.3 is 14.2 Å². The molecule has 0 radical (unpaired) electrons. The predicted octanol–water partition coefficient (Wildman–Crippen LogP) is 4.57. The summed E-state index contributed by atoms with van der Waals surface area (Å²) in [6.45, 7) is 5.05.